The first-order chi connectivity index (χ1) is 9.61. The van der Waals surface area contributed by atoms with Crippen LogP contribution in [0, 0.1) is 5.92 Å². The third-order valence-electron chi connectivity index (χ3n) is 3.07. The van der Waals surface area contributed by atoms with Gasteiger partial charge in [-0.25, -0.2) is 0 Å². The van der Waals surface area contributed by atoms with Gasteiger partial charge in [0.1, 0.15) is 0 Å². The summed E-state index contributed by atoms with van der Waals surface area (Å²) in [5, 5.41) is 2.85. The molecule has 3 N–H and O–H groups in total. The number of amides is 1. The van der Waals surface area contributed by atoms with Crippen molar-refractivity contribution in [3.8, 4) is 0 Å². The fourth-order valence-electron chi connectivity index (χ4n) is 1.44. The van der Waals surface area contributed by atoms with Crippen LogP contribution in [0.2, 0.25) is 0 Å². The molecule has 0 aliphatic carbocycles. The Hall–Kier alpha value is -1.37. The summed E-state index contributed by atoms with van der Waals surface area (Å²) in [6, 6.07) is 2.89. The van der Waals surface area contributed by atoms with Gasteiger partial charge >= 0.3 is 6.18 Å². The summed E-state index contributed by atoms with van der Waals surface area (Å²) in [6.07, 6.45) is -4.45. The molecule has 118 valence electrons. The van der Waals surface area contributed by atoms with Gasteiger partial charge in [0.15, 0.2) is 0 Å². The summed E-state index contributed by atoms with van der Waals surface area (Å²) in [5.74, 6) is 0.401. The molecule has 1 rings (SSSR count). The molecular weight excluding hydrogens is 301 g/mol. The maximum Gasteiger partial charge on any atom is 0.416 e. The number of nitrogens with two attached hydrogens (primary N) is 1. The van der Waals surface area contributed by atoms with Gasteiger partial charge in [-0.1, -0.05) is 20.8 Å². The normalized spacial score (nSPS) is 13.3. The van der Waals surface area contributed by atoms with E-state index < -0.39 is 11.7 Å². The average Bonchev–Trinajstić information content (AvgIpc) is 2.36. The van der Waals surface area contributed by atoms with Crippen LogP contribution in [-0.4, -0.2) is 16.9 Å². The second-order valence-corrected chi connectivity index (χ2v) is 6.47. The molecule has 1 aromatic rings. The van der Waals surface area contributed by atoms with E-state index in [1.54, 1.807) is 0 Å². The summed E-state index contributed by atoms with van der Waals surface area (Å²) in [7, 11) is 0. The highest BCUT2D eigenvalue weighted by molar-refractivity contribution is 8.00. The summed E-state index contributed by atoms with van der Waals surface area (Å²) in [5.41, 5.74) is 4.82. The van der Waals surface area contributed by atoms with Crippen molar-refractivity contribution in [2.24, 2.45) is 5.92 Å². The monoisotopic (exact) mass is 320 g/mol. The number of hydrogen-bond donors (Lipinski definition) is 2. The van der Waals surface area contributed by atoms with E-state index in [1.165, 1.54) is 17.8 Å². The molecule has 0 aliphatic heterocycles. The lowest BCUT2D eigenvalue weighted by Gasteiger charge is -2.15. The molecular formula is C14H19F3N2OS. The van der Waals surface area contributed by atoms with Crippen molar-refractivity contribution in [2.45, 2.75) is 32.2 Å². The minimum atomic E-state index is -4.45. The lowest BCUT2D eigenvalue weighted by Crippen LogP contribution is -2.18. The van der Waals surface area contributed by atoms with Crippen LogP contribution >= 0.6 is 11.8 Å². The lowest BCUT2D eigenvalue weighted by molar-refractivity contribution is -0.137. The van der Waals surface area contributed by atoms with E-state index >= 15 is 0 Å². The van der Waals surface area contributed by atoms with Crippen LogP contribution in [0.3, 0.4) is 0 Å². The van der Waals surface area contributed by atoms with Crippen molar-refractivity contribution in [3.05, 3.63) is 23.8 Å². The van der Waals surface area contributed by atoms with Gasteiger partial charge in [0, 0.05) is 5.25 Å². The number of alkyl halides is 3. The number of nitrogens with one attached hydrogen (secondary N) is 1. The molecule has 0 aromatic heterocycles. The number of hydrogen-bond acceptors (Lipinski definition) is 3. The standard InChI is InChI=1S/C14H19F3N2OS/c1-8(2)9(3)21-7-13(20)19-12-5-4-10(6-11(12)18)14(15,16)17/h4-6,8-9H,7,18H2,1-3H3,(H,19,20). The van der Waals surface area contributed by atoms with Crippen LogP contribution in [0.5, 0.6) is 0 Å². The van der Waals surface area contributed by atoms with Crippen LogP contribution in [0.1, 0.15) is 26.3 Å². The van der Waals surface area contributed by atoms with Crippen molar-refractivity contribution in [2.75, 3.05) is 16.8 Å². The number of halogens is 3. The van der Waals surface area contributed by atoms with Crippen LogP contribution in [0.25, 0.3) is 0 Å². The van der Waals surface area contributed by atoms with Crippen LogP contribution in [-0.2, 0) is 11.0 Å². The van der Waals surface area contributed by atoms with Crippen LogP contribution in [0.15, 0.2) is 18.2 Å². The van der Waals surface area contributed by atoms with Crippen molar-refractivity contribution in [3.63, 3.8) is 0 Å². The highest BCUT2D eigenvalue weighted by Crippen LogP contribution is 2.32. The molecule has 1 aromatic carbocycles. The average molecular weight is 320 g/mol. The predicted molar refractivity (Wildman–Crippen MR) is 81.2 cm³/mol. The molecule has 0 spiro atoms. The zero-order valence-corrected chi connectivity index (χ0v) is 12.9. The molecule has 21 heavy (non-hydrogen) atoms. The molecule has 3 nitrogen and oxygen atoms in total. The maximum atomic E-state index is 12.5. The fourth-order valence-corrected chi connectivity index (χ4v) is 2.31. The summed E-state index contributed by atoms with van der Waals surface area (Å²) >= 11 is 1.49. The SMILES string of the molecule is CC(C)C(C)SCC(=O)Nc1ccc(C(F)(F)F)cc1N. The van der Waals surface area contributed by atoms with Gasteiger partial charge in [-0.3, -0.25) is 4.79 Å². The number of thioether (sulfide) groups is 1. The molecule has 0 fully saturated rings. The predicted octanol–water partition coefficient (Wildman–Crippen LogP) is 4.00. The molecule has 0 bridgehead atoms. The van der Waals surface area contributed by atoms with Gasteiger partial charge < -0.3 is 11.1 Å². The molecule has 0 saturated carbocycles. The number of rotatable bonds is 5. The highest BCUT2D eigenvalue weighted by atomic mass is 32.2. The third kappa shape index (κ3) is 5.49. The minimum Gasteiger partial charge on any atom is -0.397 e. The Balaban J connectivity index is 2.65. The minimum absolute atomic E-state index is 0.0971. The van der Waals surface area contributed by atoms with Gasteiger partial charge in [-0.2, -0.15) is 13.2 Å². The van der Waals surface area contributed by atoms with Crippen molar-refractivity contribution >= 4 is 29.0 Å². The Morgan fingerprint density at radius 3 is 2.43 bits per heavy atom. The first-order valence-electron chi connectivity index (χ1n) is 6.49. The van der Waals surface area contributed by atoms with Gasteiger partial charge in [0.2, 0.25) is 5.91 Å². The first kappa shape index (κ1) is 17.7. The molecule has 0 saturated heterocycles. The smallest absolute Gasteiger partial charge is 0.397 e. The molecule has 0 radical (unpaired) electrons. The highest BCUT2D eigenvalue weighted by Gasteiger charge is 2.30. The van der Waals surface area contributed by atoms with E-state index in [-0.39, 0.29) is 23.0 Å². The van der Waals surface area contributed by atoms with Gasteiger partial charge in [-0.15, -0.1) is 11.8 Å². The van der Waals surface area contributed by atoms with Gasteiger partial charge in [0.25, 0.3) is 0 Å². The second-order valence-electron chi connectivity index (χ2n) is 5.11. The summed E-state index contributed by atoms with van der Waals surface area (Å²) < 4.78 is 37.5. The lowest BCUT2D eigenvalue weighted by atomic mass is 10.1. The number of nitrogen functional groups attached to an aromatic ring is 1. The maximum absolute atomic E-state index is 12.5. The van der Waals surface area contributed by atoms with E-state index in [2.05, 4.69) is 19.2 Å². The van der Waals surface area contributed by atoms with E-state index in [0.717, 1.165) is 12.1 Å². The Kier molecular flexibility index (Phi) is 5.95. The largest absolute Gasteiger partial charge is 0.416 e. The zero-order chi connectivity index (χ0) is 16.2. The molecule has 0 heterocycles. The Morgan fingerprint density at radius 2 is 1.95 bits per heavy atom. The van der Waals surface area contributed by atoms with Crippen molar-refractivity contribution in [1.29, 1.82) is 0 Å². The van der Waals surface area contributed by atoms with Crippen molar-refractivity contribution < 1.29 is 18.0 Å². The van der Waals surface area contributed by atoms with Crippen LogP contribution < -0.4 is 11.1 Å². The van der Waals surface area contributed by atoms with Gasteiger partial charge in [-0.05, 0) is 24.1 Å². The second kappa shape index (κ2) is 7.06. The van der Waals surface area contributed by atoms with E-state index in [9.17, 15) is 18.0 Å². The zero-order valence-electron chi connectivity index (χ0n) is 12.1. The first-order valence-corrected chi connectivity index (χ1v) is 7.54. The van der Waals surface area contributed by atoms with Crippen LogP contribution in [0.4, 0.5) is 24.5 Å². The molecule has 1 unspecified atom stereocenters. The number of benzene rings is 1. The molecule has 0 aliphatic rings. The molecule has 1 amide bonds. The number of anilines is 2. The number of carbonyl (C=O) groups excluding carboxylic acids is 1. The molecule has 7 heteroatoms. The topological polar surface area (TPSA) is 55.1 Å². The Labute approximate surface area is 126 Å². The van der Waals surface area contributed by atoms with Crippen molar-refractivity contribution in [1.82, 2.24) is 0 Å². The van der Waals surface area contributed by atoms with E-state index in [4.69, 9.17) is 5.73 Å². The number of carbonyl (C=O) groups is 1. The fraction of sp³-hybridized carbons (Fsp3) is 0.500. The van der Waals surface area contributed by atoms with E-state index in [1.807, 2.05) is 6.92 Å². The Bertz CT molecular complexity index is 503. The third-order valence-corrected chi connectivity index (χ3v) is 4.57. The van der Waals surface area contributed by atoms with Gasteiger partial charge in [0.05, 0.1) is 22.7 Å². The molecule has 1 atom stereocenters. The van der Waals surface area contributed by atoms with E-state index in [0.29, 0.717) is 11.2 Å². The summed E-state index contributed by atoms with van der Waals surface area (Å²) in [4.78, 5) is 11.8. The summed E-state index contributed by atoms with van der Waals surface area (Å²) in [6.45, 7) is 6.14. The quantitative estimate of drug-likeness (QED) is 0.806. The Morgan fingerprint density at radius 1 is 1.33 bits per heavy atom.